The van der Waals surface area contributed by atoms with Crippen LogP contribution in [0.2, 0.25) is 0 Å². The molecular formula is C16H18O2. The van der Waals surface area contributed by atoms with Gasteiger partial charge >= 0.3 is 0 Å². The second kappa shape index (κ2) is 6.31. The summed E-state index contributed by atoms with van der Waals surface area (Å²) in [6.45, 7) is 3.14. The number of rotatable bonds is 6. The minimum absolute atomic E-state index is 0.236. The van der Waals surface area contributed by atoms with Crippen molar-refractivity contribution in [2.75, 3.05) is 13.2 Å². The maximum absolute atomic E-state index is 11.9. The Morgan fingerprint density at radius 3 is 2.72 bits per heavy atom. The third-order valence-corrected chi connectivity index (χ3v) is 3.00. The molecule has 18 heavy (non-hydrogen) atoms. The molecule has 2 rings (SSSR count). The molecule has 0 saturated carbocycles. The van der Waals surface area contributed by atoms with E-state index < -0.39 is 0 Å². The highest BCUT2D eigenvalue weighted by molar-refractivity contribution is 5.90. The fourth-order valence-electron chi connectivity index (χ4n) is 2.08. The molecule has 2 aromatic rings. The molecule has 0 N–H and O–H groups in total. The lowest BCUT2D eigenvalue weighted by Crippen LogP contribution is -2.07. The van der Waals surface area contributed by atoms with E-state index >= 15 is 0 Å². The van der Waals surface area contributed by atoms with Gasteiger partial charge in [-0.05, 0) is 23.3 Å². The van der Waals surface area contributed by atoms with Crippen LogP contribution in [0.4, 0.5) is 0 Å². The van der Waals surface area contributed by atoms with Crippen LogP contribution in [-0.2, 0) is 16.0 Å². The number of Topliss-reactive ketones (excluding diaryl/α,β-unsaturated/α-hetero) is 1. The number of benzene rings is 2. The summed E-state index contributed by atoms with van der Waals surface area (Å²) in [6, 6.07) is 14.3. The Morgan fingerprint density at radius 2 is 1.89 bits per heavy atom. The minimum Gasteiger partial charge on any atom is -0.381 e. The molecule has 2 aromatic carbocycles. The van der Waals surface area contributed by atoms with Crippen molar-refractivity contribution in [1.82, 2.24) is 0 Å². The fraction of sp³-hybridized carbons (Fsp3) is 0.312. The van der Waals surface area contributed by atoms with Gasteiger partial charge in [0.1, 0.15) is 5.78 Å². The van der Waals surface area contributed by atoms with Gasteiger partial charge in [0, 0.05) is 19.4 Å². The maximum atomic E-state index is 11.9. The predicted molar refractivity (Wildman–Crippen MR) is 73.8 cm³/mol. The van der Waals surface area contributed by atoms with Gasteiger partial charge < -0.3 is 4.74 Å². The molecule has 2 nitrogen and oxygen atoms in total. The van der Waals surface area contributed by atoms with Crippen LogP contribution in [0, 0.1) is 0 Å². The summed E-state index contributed by atoms with van der Waals surface area (Å²) in [5.74, 6) is 0.236. The summed E-state index contributed by atoms with van der Waals surface area (Å²) in [4.78, 5) is 11.9. The zero-order valence-corrected chi connectivity index (χ0v) is 10.7. The average Bonchev–Trinajstić information content (AvgIpc) is 2.39. The molecule has 0 atom stereocenters. The lowest BCUT2D eigenvalue weighted by Gasteiger charge is -2.06. The zero-order valence-electron chi connectivity index (χ0n) is 10.7. The van der Waals surface area contributed by atoms with Crippen molar-refractivity contribution in [3.63, 3.8) is 0 Å². The molecule has 0 amide bonds. The summed E-state index contributed by atoms with van der Waals surface area (Å²) >= 11 is 0. The van der Waals surface area contributed by atoms with E-state index in [1.54, 1.807) is 0 Å². The zero-order chi connectivity index (χ0) is 12.8. The molecule has 0 radical (unpaired) electrons. The van der Waals surface area contributed by atoms with Gasteiger partial charge in [0.05, 0.1) is 6.61 Å². The Bertz CT molecular complexity index is 526. The molecule has 94 valence electrons. The van der Waals surface area contributed by atoms with Crippen molar-refractivity contribution in [3.05, 3.63) is 48.0 Å². The van der Waals surface area contributed by atoms with Crippen LogP contribution in [0.25, 0.3) is 10.8 Å². The van der Waals surface area contributed by atoms with Crippen molar-refractivity contribution in [1.29, 1.82) is 0 Å². The predicted octanol–water partition coefficient (Wildman–Crippen LogP) is 3.38. The Labute approximate surface area is 108 Å². The molecule has 0 fully saturated rings. The summed E-state index contributed by atoms with van der Waals surface area (Å²) in [7, 11) is 0. The van der Waals surface area contributed by atoms with Crippen LogP contribution in [0.5, 0.6) is 0 Å². The van der Waals surface area contributed by atoms with Gasteiger partial charge in [0.2, 0.25) is 0 Å². The van der Waals surface area contributed by atoms with Crippen LogP contribution < -0.4 is 0 Å². The number of carbonyl (C=O) groups excluding carboxylic acids is 1. The molecule has 0 bridgehead atoms. The first kappa shape index (κ1) is 12.8. The summed E-state index contributed by atoms with van der Waals surface area (Å²) in [6.07, 6.45) is 0.992. The Balaban J connectivity index is 2.09. The molecule has 0 aromatic heterocycles. The number of carbonyl (C=O) groups is 1. The van der Waals surface area contributed by atoms with Gasteiger partial charge in [-0.2, -0.15) is 0 Å². The highest BCUT2D eigenvalue weighted by Crippen LogP contribution is 2.19. The Kier molecular flexibility index (Phi) is 4.48. The standard InChI is InChI=1S/C16H18O2/c1-2-18-11-10-15(17)12-14-8-5-7-13-6-3-4-9-16(13)14/h3-9H,2,10-12H2,1H3. The first-order chi connectivity index (χ1) is 8.81. The molecule has 0 heterocycles. The molecular weight excluding hydrogens is 224 g/mol. The van der Waals surface area contributed by atoms with E-state index in [4.69, 9.17) is 4.74 Å². The Hall–Kier alpha value is -1.67. The monoisotopic (exact) mass is 242 g/mol. The SMILES string of the molecule is CCOCCC(=O)Cc1cccc2ccccc12. The van der Waals surface area contributed by atoms with Crippen LogP contribution >= 0.6 is 0 Å². The molecule has 0 unspecified atom stereocenters. The molecule has 0 saturated heterocycles. The largest absolute Gasteiger partial charge is 0.381 e. The lowest BCUT2D eigenvalue weighted by atomic mass is 10.00. The van der Waals surface area contributed by atoms with E-state index in [2.05, 4.69) is 18.2 Å². The molecule has 0 aliphatic heterocycles. The number of fused-ring (bicyclic) bond motifs is 1. The number of hydrogen-bond acceptors (Lipinski definition) is 2. The van der Waals surface area contributed by atoms with Gasteiger partial charge in [-0.3, -0.25) is 4.79 Å². The Morgan fingerprint density at radius 1 is 1.11 bits per heavy atom. The quantitative estimate of drug-likeness (QED) is 0.726. The maximum Gasteiger partial charge on any atom is 0.139 e. The number of ether oxygens (including phenoxy) is 1. The van der Waals surface area contributed by atoms with Crippen LogP contribution in [0.3, 0.4) is 0 Å². The van der Waals surface area contributed by atoms with Crippen molar-refractivity contribution in [3.8, 4) is 0 Å². The van der Waals surface area contributed by atoms with E-state index in [0.717, 1.165) is 5.56 Å². The summed E-state index contributed by atoms with van der Waals surface area (Å²) in [5, 5.41) is 2.36. The topological polar surface area (TPSA) is 26.3 Å². The first-order valence-electron chi connectivity index (χ1n) is 6.37. The second-order valence-corrected chi connectivity index (χ2v) is 4.30. The van der Waals surface area contributed by atoms with Crippen LogP contribution in [0.15, 0.2) is 42.5 Å². The highest BCUT2D eigenvalue weighted by atomic mass is 16.5. The summed E-state index contributed by atoms with van der Waals surface area (Å²) in [5.41, 5.74) is 1.11. The van der Waals surface area contributed by atoms with Crippen molar-refractivity contribution >= 4 is 16.6 Å². The number of hydrogen-bond donors (Lipinski definition) is 0. The smallest absolute Gasteiger partial charge is 0.139 e. The molecule has 2 heteroatoms. The van der Waals surface area contributed by atoms with Gasteiger partial charge in [-0.25, -0.2) is 0 Å². The van der Waals surface area contributed by atoms with Crippen molar-refractivity contribution in [2.45, 2.75) is 19.8 Å². The molecule has 0 spiro atoms. The molecule has 0 aliphatic rings. The second-order valence-electron chi connectivity index (χ2n) is 4.30. The van der Waals surface area contributed by atoms with E-state index in [1.807, 2.05) is 31.2 Å². The minimum atomic E-state index is 0.236. The third kappa shape index (κ3) is 3.17. The van der Waals surface area contributed by atoms with E-state index in [9.17, 15) is 4.79 Å². The van der Waals surface area contributed by atoms with Gasteiger partial charge in [-0.1, -0.05) is 42.5 Å². The highest BCUT2D eigenvalue weighted by Gasteiger charge is 2.06. The fourth-order valence-corrected chi connectivity index (χ4v) is 2.08. The summed E-state index contributed by atoms with van der Waals surface area (Å²) < 4.78 is 5.21. The third-order valence-electron chi connectivity index (χ3n) is 3.00. The van der Waals surface area contributed by atoms with Gasteiger partial charge in [-0.15, -0.1) is 0 Å². The van der Waals surface area contributed by atoms with Gasteiger partial charge in [0.25, 0.3) is 0 Å². The average molecular weight is 242 g/mol. The van der Waals surface area contributed by atoms with Crippen molar-refractivity contribution in [2.24, 2.45) is 0 Å². The van der Waals surface area contributed by atoms with E-state index in [-0.39, 0.29) is 5.78 Å². The number of ketones is 1. The van der Waals surface area contributed by atoms with Crippen LogP contribution in [0.1, 0.15) is 18.9 Å². The molecule has 0 aliphatic carbocycles. The van der Waals surface area contributed by atoms with Crippen molar-refractivity contribution < 1.29 is 9.53 Å². The normalized spacial score (nSPS) is 10.7. The van der Waals surface area contributed by atoms with Gasteiger partial charge in [0.15, 0.2) is 0 Å². The lowest BCUT2D eigenvalue weighted by molar-refractivity contribution is -0.119. The first-order valence-corrected chi connectivity index (χ1v) is 6.37. The van der Waals surface area contributed by atoms with E-state index in [1.165, 1.54) is 10.8 Å². The van der Waals surface area contributed by atoms with Crippen LogP contribution in [-0.4, -0.2) is 19.0 Å². The van der Waals surface area contributed by atoms with E-state index in [0.29, 0.717) is 26.1 Å².